The van der Waals surface area contributed by atoms with E-state index in [4.69, 9.17) is 4.74 Å². The molecule has 6 nitrogen and oxygen atoms in total. The van der Waals surface area contributed by atoms with Gasteiger partial charge in [0.1, 0.15) is 11.6 Å². The third-order valence-corrected chi connectivity index (χ3v) is 5.63. The molecular formula is C21H20F2N2O4. The Morgan fingerprint density at radius 1 is 1.14 bits per heavy atom. The summed E-state index contributed by atoms with van der Waals surface area (Å²) in [6.07, 6.45) is -0.140. The van der Waals surface area contributed by atoms with Gasteiger partial charge >= 0.3 is 0 Å². The Hall–Kier alpha value is -3.16. The minimum Gasteiger partial charge on any atom is -0.504 e. The largest absolute Gasteiger partial charge is 0.504 e. The fourth-order valence-electron chi connectivity index (χ4n) is 4.01. The first-order valence-electron chi connectivity index (χ1n) is 9.27. The molecule has 2 amide bonds. The van der Waals surface area contributed by atoms with Crippen molar-refractivity contribution in [2.75, 3.05) is 26.7 Å². The number of carbonyl (C=O) groups is 2. The number of ether oxygens (including phenoxy) is 1. The molecule has 0 radical (unpaired) electrons. The predicted molar refractivity (Wildman–Crippen MR) is 99.6 cm³/mol. The molecule has 0 aromatic heterocycles. The van der Waals surface area contributed by atoms with Gasteiger partial charge in [0.15, 0.2) is 11.5 Å². The summed E-state index contributed by atoms with van der Waals surface area (Å²) in [7, 11) is 1.41. The van der Waals surface area contributed by atoms with Gasteiger partial charge in [-0.25, -0.2) is 8.78 Å². The molecule has 2 aromatic rings. The van der Waals surface area contributed by atoms with Gasteiger partial charge in [0.25, 0.3) is 5.91 Å². The number of nitrogens with zero attached hydrogens (tertiary/aromatic N) is 2. The highest BCUT2D eigenvalue weighted by molar-refractivity contribution is 5.95. The molecule has 0 bridgehead atoms. The number of hydrogen-bond acceptors (Lipinski definition) is 4. The Balaban J connectivity index is 1.41. The van der Waals surface area contributed by atoms with Crippen LogP contribution in [0.5, 0.6) is 11.5 Å². The molecule has 152 valence electrons. The Bertz CT molecular complexity index is 981. The zero-order valence-electron chi connectivity index (χ0n) is 15.8. The van der Waals surface area contributed by atoms with Gasteiger partial charge in [-0.2, -0.15) is 0 Å². The van der Waals surface area contributed by atoms with Crippen LogP contribution in [0.25, 0.3) is 0 Å². The van der Waals surface area contributed by atoms with Crippen molar-refractivity contribution >= 4 is 11.8 Å². The zero-order valence-corrected chi connectivity index (χ0v) is 15.8. The monoisotopic (exact) mass is 402 g/mol. The van der Waals surface area contributed by atoms with Crippen LogP contribution in [0, 0.1) is 17.6 Å². The molecule has 2 aromatic carbocycles. The van der Waals surface area contributed by atoms with E-state index in [0.29, 0.717) is 25.2 Å². The van der Waals surface area contributed by atoms with E-state index in [0.717, 1.165) is 12.1 Å². The number of phenols is 1. The zero-order chi connectivity index (χ0) is 20.7. The summed E-state index contributed by atoms with van der Waals surface area (Å²) in [5.41, 5.74) is 0.550. The Morgan fingerprint density at radius 3 is 2.66 bits per heavy atom. The van der Waals surface area contributed by atoms with Crippen LogP contribution in [0.3, 0.4) is 0 Å². The van der Waals surface area contributed by atoms with Crippen LogP contribution in [-0.4, -0.2) is 59.5 Å². The van der Waals surface area contributed by atoms with Crippen LogP contribution in [0.1, 0.15) is 15.9 Å². The second-order valence-corrected chi connectivity index (χ2v) is 7.38. The van der Waals surface area contributed by atoms with Crippen molar-refractivity contribution < 1.29 is 28.2 Å². The molecule has 2 aliphatic heterocycles. The van der Waals surface area contributed by atoms with Crippen LogP contribution in [0.2, 0.25) is 0 Å². The van der Waals surface area contributed by atoms with E-state index in [1.165, 1.54) is 31.4 Å². The topological polar surface area (TPSA) is 70.1 Å². The first kappa shape index (κ1) is 19.2. The summed E-state index contributed by atoms with van der Waals surface area (Å²) in [5.74, 6) is -1.50. The van der Waals surface area contributed by atoms with Gasteiger partial charge < -0.3 is 19.6 Å². The maximum atomic E-state index is 13.8. The molecule has 0 saturated carbocycles. The van der Waals surface area contributed by atoms with Crippen LogP contribution in [0.15, 0.2) is 36.4 Å². The van der Waals surface area contributed by atoms with Crippen LogP contribution in [-0.2, 0) is 11.2 Å². The summed E-state index contributed by atoms with van der Waals surface area (Å²) in [4.78, 5) is 28.7. The van der Waals surface area contributed by atoms with Crippen molar-refractivity contribution in [1.82, 2.24) is 9.80 Å². The summed E-state index contributed by atoms with van der Waals surface area (Å²) in [5, 5.41) is 9.69. The van der Waals surface area contributed by atoms with E-state index in [1.54, 1.807) is 9.80 Å². The third kappa shape index (κ3) is 3.50. The number of hydrogen-bond donors (Lipinski definition) is 1. The van der Waals surface area contributed by atoms with Crippen LogP contribution in [0.4, 0.5) is 8.78 Å². The minimum absolute atomic E-state index is 0.0460. The second-order valence-electron chi connectivity index (χ2n) is 7.38. The van der Waals surface area contributed by atoms with E-state index in [9.17, 15) is 23.5 Å². The highest BCUT2D eigenvalue weighted by atomic mass is 19.1. The van der Waals surface area contributed by atoms with Crippen LogP contribution >= 0.6 is 0 Å². The highest BCUT2D eigenvalue weighted by Gasteiger charge is 2.48. The van der Waals surface area contributed by atoms with E-state index >= 15 is 0 Å². The van der Waals surface area contributed by atoms with Crippen molar-refractivity contribution in [2.45, 2.75) is 12.5 Å². The smallest absolute Gasteiger partial charge is 0.254 e. The lowest BCUT2D eigenvalue weighted by Gasteiger charge is -2.43. The van der Waals surface area contributed by atoms with Gasteiger partial charge in [-0.15, -0.1) is 0 Å². The fraction of sp³-hybridized carbons (Fsp3) is 0.333. The number of benzene rings is 2. The summed E-state index contributed by atoms with van der Waals surface area (Å²) < 4.78 is 31.9. The number of carbonyl (C=O) groups excluding carboxylic acids is 2. The minimum atomic E-state index is -0.736. The number of phenolic OH excluding ortho intramolecular Hbond substituents is 1. The Kier molecular flexibility index (Phi) is 4.86. The Labute approximate surface area is 166 Å². The molecule has 0 aliphatic carbocycles. The van der Waals surface area contributed by atoms with Gasteiger partial charge in [-0.3, -0.25) is 9.59 Å². The average Bonchev–Trinajstić information content (AvgIpc) is 3.00. The summed E-state index contributed by atoms with van der Waals surface area (Å²) in [6, 6.07) is 7.50. The van der Waals surface area contributed by atoms with Gasteiger partial charge in [-0.05, 0) is 29.8 Å². The van der Waals surface area contributed by atoms with Crippen molar-refractivity contribution in [2.24, 2.45) is 5.92 Å². The maximum absolute atomic E-state index is 13.8. The van der Waals surface area contributed by atoms with E-state index in [-0.39, 0.29) is 47.3 Å². The normalized spacial score (nSPS) is 20.2. The van der Waals surface area contributed by atoms with Crippen LogP contribution < -0.4 is 4.74 Å². The molecule has 1 N–H and O–H groups in total. The lowest BCUT2D eigenvalue weighted by Crippen LogP contribution is -2.58. The van der Waals surface area contributed by atoms with Crippen molar-refractivity contribution in [3.63, 3.8) is 0 Å². The van der Waals surface area contributed by atoms with Crippen molar-refractivity contribution in [1.29, 1.82) is 0 Å². The first-order valence-corrected chi connectivity index (χ1v) is 9.27. The fourth-order valence-corrected chi connectivity index (χ4v) is 4.01. The molecular weight excluding hydrogens is 382 g/mol. The van der Waals surface area contributed by atoms with Gasteiger partial charge in [0, 0.05) is 37.2 Å². The third-order valence-electron chi connectivity index (χ3n) is 5.63. The van der Waals surface area contributed by atoms with Gasteiger partial charge in [0.2, 0.25) is 5.91 Å². The van der Waals surface area contributed by atoms with Gasteiger partial charge in [0.05, 0.1) is 19.6 Å². The molecule has 2 unspecified atom stereocenters. The molecule has 8 heteroatoms. The van der Waals surface area contributed by atoms with Gasteiger partial charge in [-0.1, -0.05) is 6.07 Å². The molecule has 2 saturated heterocycles. The summed E-state index contributed by atoms with van der Waals surface area (Å²) >= 11 is 0. The van der Waals surface area contributed by atoms with E-state index in [1.807, 2.05) is 0 Å². The maximum Gasteiger partial charge on any atom is 0.254 e. The Morgan fingerprint density at radius 2 is 1.93 bits per heavy atom. The molecule has 4 rings (SSSR count). The molecule has 29 heavy (non-hydrogen) atoms. The lowest BCUT2D eigenvalue weighted by molar-refractivity contribution is -0.140. The number of amides is 2. The molecule has 2 atom stereocenters. The van der Waals surface area contributed by atoms with E-state index < -0.39 is 11.6 Å². The molecule has 2 aliphatic rings. The number of rotatable bonds is 4. The predicted octanol–water partition coefficient (Wildman–Crippen LogP) is 2.20. The standard InChI is InChI=1S/C21H20F2N2O4/c1-29-19-6-13(3-5-18(19)26)21(28)24-9-14-10-25(17(14)11-24)20(27)7-12-2-4-15(22)8-16(12)23/h2-6,8,14,17,26H,7,9-11H2,1H3. The lowest BCUT2D eigenvalue weighted by atomic mass is 9.91. The number of likely N-dealkylation sites (tertiary alicyclic amines) is 2. The summed E-state index contributed by atoms with van der Waals surface area (Å²) in [6.45, 7) is 1.43. The number of fused-ring (bicyclic) bond motifs is 1. The molecule has 2 fully saturated rings. The highest BCUT2D eigenvalue weighted by Crippen LogP contribution is 2.34. The van der Waals surface area contributed by atoms with Crippen molar-refractivity contribution in [3.8, 4) is 11.5 Å². The number of methoxy groups -OCH3 is 1. The SMILES string of the molecule is COc1cc(C(=O)N2CC3CN(C(=O)Cc4ccc(F)cc4F)C3C2)ccc1O. The average molecular weight is 402 g/mol. The van der Waals surface area contributed by atoms with Crippen molar-refractivity contribution in [3.05, 3.63) is 59.2 Å². The number of aromatic hydroxyl groups is 1. The second kappa shape index (κ2) is 7.35. The molecule has 0 spiro atoms. The van der Waals surface area contributed by atoms with E-state index in [2.05, 4.69) is 0 Å². The first-order chi connectivity index (χ1) is 13.9. The number of halogens is 2. The quantitative estimate of drug-likeness (QED) is 0.851. The molecule has 2 heterocycles.